The Morgan fingerprint density at radius 2 is 1.77 bits per heavy atom. The van der Waals surface area contributed by atoms with E-state index in [9.17, 15) is 23.9 Å². The molecule has 0 bridgehead atoms. The first-order valence-corrected chi connectivity index (χ1v) is 7.71. The van der Waals surface area contributed by atoms with Crippen LogP contribution in [0.5, 0.6) is 5.75 Å². The molecule has 1 atom stereocenters. The van der Waals surface area contributed by atoms with Gasteiger partial charge in [-0.05, 0) is 35.9 Å². The van der Waals surface area contributed by atoms with Crippen molar-refractivity contribution in [1.82, 2.24) is 4.90 Å². The minimum Gasteiger partial charge on any atom is -0.489 e. The average Bonchev–Trinajstić information content (AvgIpc) is 2.86. The molecule has 0 saturated carbocycles. The maximum absolute atomic E-state index is 12.9. The highest BCUT2D eigenvalue weighted by molar-refractivity contribution is 6.23. The zero-order valence-electron chi connectivity index (χ0n) is 13.5. The minimum atomic E-state index is -1.43. The summed E-state index contributed by atoms with van der Waals surface area (Å²) in [6.07, 6.45) is 0. The summed E-state index contributed by atoms with van der Waals surface area (Å²) in [7, 11) is 0. The highest BCUT2D eigenvalue weighted by Gasteiger charge is 2.42. The van der Waals surface area contributed by atoms with Crippen LogP contribution >= 0.6 is 0 Å². The molecule has 2 aromatic rings. The summed E-state index contributed by atoms with van der Waals surface area (Å²) >= 11 is 0. The molecule has 1 aliphatic rings. The largest absolute Gasteiger partial charge is 0.489 e. The number of fused-ring (bicyclic) bond motifs is 1. The van der Waals surface area contributed by atoms with Crippen molar-refractivity contribution in [3.8, 4) is 5.75 Å². The van der Waals surface area contributed by atoms with Gasteiger partial charge in [0.05, 0.1) is 17.7 Å². The van der Waals surface area contributed by atoms with Crippen LogP contribution in [0.4, 0.5) is 4.39 Å². The van der Waals surface area contributed by atoms with Gasteiger partial charge in [0.1, 0.15) is 24.2 Å². The Labute approximate surface area is 147 Å². The van der Waals surface area contributed by atoms with E-state index in [-0.39, 0.29) is 23.6 Å². The van der Waals surface area contributed by atoms with Crippen LogP contribution in [0, 0.1) is 5.82 Å². The van der Waals surface area contributed by atoms with Crippen LogP contribution in [0.3, 0.4) is 0 Å². The molecule has 0 aromatic heterocycles. The first-order chi connectivity index (χ1) is 12.4. The number of carbonyl (C=O) groups is 3. The second kappa shape index (κ2) is 6.93. The molecule has 1 heterocycles. The van der Waals surface area contributed by atoms with E-state index in [1.54, 1.807) is 12.1 Å². The van der Waals surface area contributed by atoms with Crippen molar-refractivity contribution in [2.24, 2.45) is 5.73 Å². The van der Waals surface area contributed by atoms with Crippen LogP contribution in [-0.2, 0) is 11.4 Å². The Morgan fingerprint density at radius 1 is 1.12 bits per heavy atom. The SMILES string of the molecule is NC(=O)[C@@H](CO)N1C(=O)c2ccc(OCc3ccc(F)cc3)cc2C1=O. The van der Waals surface area contributed by atoms with E-state index in [1.165, 1.54) is 30.3 Å². The zero-order chi connectivity index (χ0) is 18.8. The number of carbonyl (C=O) groups excluding carboxylic acids is 3. The molecule has 3 rings (SSSR count). The predicted octanol–water partition coefficient (Wildman–Crippen LogP) is 0.847. The van der Waals surface area contributed by atoms with E-state index in [0.29, 0.717) is 10.6 Å². The molecule has 1 aliphatic heterocycles. The number of imide groups is 1. The van der Waals surface area contributed by atoms with Gasteiger partial charge in [0.2, 0.25) is 5.91 Å². The van der Waals surface area contributed by atoms with Crippen LogP contribution in [0.15, 0.2) is 42.5 Å². The fraction of sp³-hybridized carbons (Fsp3) is 0.167. The molecule has 0 spiro atoms. The molecule has 0 fully saturated rings. The zero-order valence-corrected chi connectivity index (χ0v) is 13.5. The highest BCUT2D eigenvalue weighted by atomic mass is 19.1. The Hall–Kier alpha value is -3.26. The minimum absolute atomic E-state index is 0.0614. The topological polar surface area (TPSA) is 110 Å². The van der Waals surface area contributed by atoms with E-state index in [4.69, 9.17) is 10.5 Å². The van der Waals surface area contributed by atoms with Gasteiger partial charge >= 0.3 is 0 Å². The van der Waals surface area contributed by atoms with E-state index >= 15 is 0 Å². The van der Waals surface area contributed by atoms with Gasteiger partial charge < -0.3 is 15.6 Å². The van der Waals surface area contributed by atoms with E-state index in [1.807, 2.05) is 0 Å². The number of benzene rings is 2. The smallest absolute Gasteiger partial charge is 0.262 e. The quantitative estimate of drug-likeness (QED) is 0.744. The maximum Gasteiger partial charge on any atom is 0.262 e. The van der Waals surface area contributed by atoms with Crippen molar-refractivity contribution >= 4 is 17.7 Å². The molecule has 7 nitrogen and oxygen atoms in total. The number of nitrogens with zero attached hydrogens (tertiary/aromatic N) is 1. The summed E-state index contributed by atoms with van der Waals surface area (Å²) in [5.74, 6) is -2.43. The van der Waals surface area contributed by atoms with Crippen molar-refractivity contribution in [2.45, 2.75) is 12.6 Å². The Balaban J connectivity index is 1.80. The summed E-state index contributed by atoms with van der Waals surface area (Å²) in [4.78, 5) is 36.8. The Bertz CT molecular complexity index is 882. The molecule has 0 radical (unpaired) electrons. The molecule has 0 unspecified atom stereocenters. The second-order valence-electron chi connectivity index (χ2n) is 5.70. The van der Waals surface area contributed by atoms with Crippen LogP contribution in [0.2, 0.25) is 0 Å². The molecule has 3 N–H and O–H groups in total. The summed E-state index contributed by atoms with van der Waals surface area (Å²) in [5, 5.41) is 9.26. The lowest BCUT2D eigenvalue weighted by molar-refractivity contribution is -0.122. The highest BCUT2D eigenvalue weighted by Crippen LogP contribution is 2.28. The summed E-state index contributed by atoms with van der Waals surface area (Å²) in [6, 6.07) is 8.62. The first kappa shape index (κ1) is 17.6. The standard InChI is InChI=1S/C18H15FN2O5/c19-11-3-1-10(2-4-11)9-26-12-5-6-13-14(7-12)18(25)21(17(13)24)15(8-22)16(20)23/h1-7,15,22H,8-9H2,(H2,20,23)/t15-/m1/s1. The second-order valence-corrected chi connectivity index (χ2v) is 5.70. The number of primary amides is 1. The molecule has 26 heavy (non-hydrogen) atoms. The third-order valence-corrected chi connectivity index (χ3v) is 4.02. The van der Waals surface area contributed by atoms with Gasteiger partial charge in [-0.1, -0.05) is 12.1 Å². The molecule has 8 heteroatoms. The van der Waals surface area contributed by atoms with Crippen LogP contribution in [0.25, 0.3) is 0 Å². The monoisotopic (exact) mass is 358 g/mol. The van der Waals surface area contributed by atoms with E-state index in [0.717, 1.165) is 5.56 Å². The van der Waals surface area contributed by atoms with Crippen LogP contribution in [-0.4, -0.2) is 40.4 Å². The van der Waals surface area contributed by atoms with Crippen LogP contribution in [0.1, 0.15) is 26.3 Å². The van der Waals surface area contributed by atoms with Gasteiger partial charge in [-0.25, -0.2) is 4.39 Å². The Kier molecular flexibility index (Phi) is 4.68. The number of ether oxygens (including phenoxy) is 1. The number of halogens is 1. The third kappa shape index (κ3) is 3.14. The molecule has 3 amide bonds. The number of amides is 3. The fourth-order valence-electron chi connectivity index (χ4n) is 2.66. The van der Waals surface area contributed by atoms with Crippen molar-refractivity contribution in [2.75, 3.05) is 6.61 Å². The molecule has 2 aromatic carbocycles. The van der Waals surface area contributed by atoms with Crippen LogP contribution < -0.4 is 10.5 Å². The first-order valence-electron chi connectivity index (χ1n) is 7.71. The lowest BCUT2D eigenvalue weighted by Crippen LogP contribution is -2.49. The van der Waals surface area contributed by atoms with Gasteiger partial charge in [-0.2, -0.15) is 0 Å². The molecular weight excluding hydrogens is 343 g/mol. The number of aliphatic hydroxyl groups excluding tert-OH is 1. The normalized spacial score (nSPS) is 14.3. The predicted molar refractivity (Wildman–Crippen MR) is 87.7 cm³/mol. The summed E-state index contributed by atoms with van der Waals surface area (Å²) < 4.78 is 18.5. The van der Waals surface area contributed by atoms with Gasteiger partial charge in [-0.3, -0.25) is 19.3 Å². The summed E-state index contributed by atoms with van der Waals surface area (Å²) in [6.45, 7) is -0.611. The number of hydrogen-bond acceptors (Lipinski definition) is 5. The van der Waals surface area contributed by atoms with Crippen molar-refractivity contribution in [3.63, 3.8) is 0 Å². The van der Waals surface area contributed by atoms with Crippen molar-refractivity contribution < 1.29 is 28.6 Å². The molecule has 134 valence electrons. The summed E-state index contributed by atoms with van der Waals surface area (Å²) in [5.41, 5.74) is 6.03. The van der Waals surface area contributed by atoms with Gasteiger partial charge in [-0.15, -0.1) is 0 Å². The van der Waals surface area contributed by atoms with Gasteiger partial charge in [0.15, 0.2) is 0 Å². The Morgan fingerprint density at radius 3 is 2.38 bits per heavy atom. The van der Waals surface area contributed by atoms with E-state index in [2.05, 4.69) is 0 Å². The fourth-order valence-corrected chi connectivity index (χ4v) is 2.66. The van der Waals surface area contributed by atoms with Crippen molar-refractivity contribution in [3.05, 3.63) is 65.0 Å². The molecular formula is C18H15FN2O5. The van der Waals surface area contributed by atoms with Crippen molar-refractivity contribution in [1.29, 1.82) is 0 Å². The number of rotatable bonds is 6. The maximum atomic E-state index is 12.9. The third-order valence-electron chi connectivity index (χ3n) is 4.02. The number of nitrogens with two attached hydrogens (primary N) is 1. The molecule has 0 saturated heterocycles. The van der Waals surface area contributed by atoms with E-state index < -0.39 is 30.4 Å². The van der Waals surface area contributed by atoms with Gasteiger partial charge in [0.25, 0.3) is 11.8 Å². The molecule has 0 aliphatic carbocycles. The lowest BCUT2D eigenvalue weighted by atomic mass is 10.1. The van der Waals surface area contributed by atoms with Gasteiger partial charge in [0, 0.05) is 0 Å². The number of aliphatic hydroxyl groups is 1. The lowest BCUT2D eigenvalue weighted by Gasteiger charge is -2.20. The average molecular weight is 358 g/mol. The number of hydrogen-bond donors (Lipinski definition) is 2.